The number of pyridine rings is 1. The SMILES string of the molecule is COCCCN1C(=O)N(Cc2ccccn2)C(=O)C12CCN([C@@H](C)CO)CC2. The highest BCUT2D eigenvalue weighted by Gasteiger charge is 2.57. The molecule has 3 heterocycles. The number of rotatable bonds is 8. The Morgan fingerprint density at radius 2 is 2.04 bits per heavy atom. The van der Waals surface area contributed by atoms with E-state index < -0.39 is 5.54 Å². The molecule has 1 spiro atoms. The maximum Gasteiger partial charge on any atom is 0.328 e. The molecule has 2 saturated heterocycles. The molecule has 3 amide bonds. The number of hydrogen-bond acceptors (Lipinski definition) is 6. The highest BCUT2D eigenvalue weighted by Crippen LogP contribution is 2.38. The van der Waals surface area contributed by atoms with Gasteiger partial charge < -0.3 is 14.7 Å². The monoisotopic (exact) mass is 390 g/mol. The van der Waals surface area contributed by atoms with Gasteiger partial charge in [0.2, 0.25) is 0 Å². The van der Waals surface area contributed by atoms with Crippen molar-refractivity contribution < 1.29 is 19.4 Å². The van der Waals surface area contributed by atoms with Crippen LogP contribution in [0.4, 0.5) is 4.79 Å². The van der Waals surface area contributed by atoms with Crippen LogP contribution in [0.5, 0.6) is 0 Å². The number of carbonyl (C=O) groups is 2. The fourth-order valence-electron chi connectivity index (χ4n) is 4.19. The molecule has 1 aromatic heterocycles. The van der Waals surface area contributed by atoms with Crippen molar-refractivity contribution in [1.29, 1.82) is 0 Å². The molecule has 0 aliphatic carbocycles. The number of aliphatic hydroxyl groups is 1. The number of methoxy groups -OCH3 is 1. The van der Waals surface area contributed by atoms with Crippen molar-refractivity contribution in [2.75, 3.05) is 40.0 Å². The Kier molecular flexibility index (Phi) is 6.64. The summed E-state index contributed by atoms with van der Waals surface area (Å²) in [5, 5.41) is 9.44. The summed E-state index contributed by atoms with van der Waals surface area (Å²) in [4.78, 5) is 36.1. The molecule has 1 N–H and O–H groups in total. The van der Waals surface area contributed by atoms with Crippen LogP contribution in [0, 0.1) is 0 Å². The molecule has 28 heavy (non-hydrogen) atoms. The zero-order chi connectivity index (χ0) is 20.1. The van der Waals surface area contributed by atoms with E-state index in [1.165, 1.54) is 4.90 Å². The fourth-order valence-corrected chi connectivity index (χ4v) is 4.19. The highest BCUT2D eigenvalue weighted by molar-refractivity contribution is 6.07. The molecule has 1 aromatic rings. The number of ether oxygens (including phenoxy) is 1. The summed E-state index contributed by atoms with van der Waals surface area (Å²) >= 11 is 0. The minimum absolute atomic E-state index is 0.0520. The lowest BCUT2D eigenvalue weighted by molar-refractivity contribution is -0.136. The molecule has 2 aliphatic rings. The van der Waals surface area contributed by atoms with Crippen molar-refractivity contribution in [3.63, 3.8) is 0 Å². The molecule has 3 rings (SSSR count). The number of amides is 3. The number of aromatic nitrogens is 1. The van der Waals surface area contributed by atoms with Gasteiger partial charge in [-0.15, -0.1) is 0 Å². The summed E-state index contributed by atoms with van der Waals surface area (Å²) in [6, 6.07) is 5.31. The second-order valence-electron chi connectivity index (χ2n) is 7.59. The number of carbonyl (C=O) groups excluding carboxylic acids is 2. The van der Waals surface area contributed by atoms with Crippen LogP contribution in [0.2, 0.25) is 0 Å². The largest absolute Gasteiger partial charge is 0.395 e. The Bertz CT molecular complexity index is 676. The molecular formula is C20H30N4O4. The van der Waals surface area contributed by atoms with Gasteiger partial charge in [-0.25, -0.2) is 4.79 Å². The second-order valence-corrected chi connectivity index (χ2v) is 7.59. The molecule has 2 fully saturated rings. The zero-order valence-corrected chi connectivity index (χ0v) is 16.7. The van der Waals surface area contributed by atoms with E-state index in [4.69, 9.17) is 4.74 Å². The van der Waals surface area contributed by atoms with E-state index in [-0.39, 0.29) is 31.1 Å². The molecule has 8 nitrogen and oxygen atoms in total. The van der Waals surface area contributed by atoms with Crippen LogP contribution in [-0.4, -0.2) is 88.3 Å². The van der Waals surface area contributed by atoms with Gasteiger partial charge in [-0.2, -0.15) is 0 Å². The predicted octanol–water partition coefficient (Wildman–Crippen LogP) is 1.10. The summed E-state index contributed by atoms with van der Waals surface area (Å²) in [5.41, 5.74) is -0.102. The quantitative estimate of drug-likeness (QED) is 0.528. The number of piperidine rings is 1. The van der Waals surface area contributed by atoms with Gasteiger partial charge in [0, 0.05) is 45.6 Å². The van der Waals surface area contributed by atoms with Gasteiger partial charge in [0.15, 0.2) is 0 Å². The van der Waals surface area contributed by atoms with Gasteiger partial charge in [-0.05, 0) is 38.3 Å². The zero-order valence-electron chi connectivity index (χ0n) is 16.7. The molecule has 0 saturated carbocycles. The van der Waals surface area contributed by atoms with Crippen LogP contribution < -0.4 is 0 Å². The van der Waals surface area contributed by atoms with E-state index in [0.717, 1.165) is 0 Å². The van der Waals surface area contributed by atoms with E-state index in [1.54, 1.807) is 18.2 Å². The maximum absolute atomic E-state index is 13.4. The number of nitrogens with zero attached hydrogens (tertiary/aromatic N) is 4. The minimum atomic E-state index is -0.800. The van der Waals surface area contributed by atoms with Crippen molar-refractivity contribution in [3.8, 4) is 0 Å². The Hall–Kier alpha value is -2.03. The van der Waals surface area contributed by atoms with Gasteiger partial charge in [-0.1, -0.05) is 6.07 Å². The first-order valence-electron chi connectivity index (χ1n) is 9.91. The van der Waals surface area contributed by atoms with Crippen molar-refractivity contribution in [2.45, 2.75) is 44.3 Å². The predicted molar refractivity (Wildman–Crippen MR) is 103 cm³/mol. The van der Waals surface area contributed by atoms with Crippen LogP contribution in [0.1, 0.15) is 31.9 Å². The lowest BCUT2D eigenvalue weighted by atomic mass is 9.85. The van der Waals surface area contributed by atoms with Gasteiger partial charge >= 0.3 is 6.03 Å². The molecular weight excluding hydrogens is 360 g/mol. The summed E-state index contributed by atoms with van der Waals surface area (Å²) in [6.45, 7) is 4.65. The molecule has 154 valence electrons. The first kappa shape index (κ1) is 20.7. The molecule has 0 unspecified atom stereocenters. The third-order valence-electron chi connectivity index (χ3n) is 5.91. The number of hydrogen-bond donors (Lipinski definition) is 1. The molecule has 0 radical (unpaired) electrons. The van der Waals surface area contributed by atoms with Gasteiger partial charge in [0.1, 0.15) is 5.54 Å². The van der Waals surface area contributed by atoms with Crippen LogP contribution in [0.25, 0.3) is 0 Å². The Balaban J connectivity index is 1.81. The van der Waals surface area contributed by atoms with E-state index in [1.807, 2.05) is 25.1 Å². The topological polar surface area (TPSA) is 86.2 Å². The smallest absolute Gasteiger partial charge is 0.328 e. The average molecular weight is 390 g/mol. The third-order valence-corrected chi connectivity index (χ3v) is 5.91. The molecule has 8 heteroatoms. The van der Waals surface area contributed by atoms with Crippen LogP contribution in [-0.2, 0) is 16.1 Å². The summed E-state index contributed by atoms with van der Waals surface area (Å²) < 4.78 is 5.14. The number of likely N-dealkylation sites (tertiary alicyclic amines) is 1. The van der Waals surface area contributed by atoms with Crippen LogP contribution >= 0.6 is 0 Å². The molecule has 1 atom stereocenters. The first-order valence-corrected chi connectivity index (χ1v) is 9.91. The van der Waals surface area contributed by atoms with Crippen LogP contribution in [0.15, 0.2) is 24.4 Å². The highest BCUT2D eigenvalue weighted by atomic mass is 16.5. The first-order chi connectivity index (χ1) is 13.5. The lowest BCUT2D eigenvalue weighted by Crippen LogP contribution is -2.58. The lowest BCUT2D eigenvalue weighted by Gasteiger charge is -2.43. The number of urea groups is 1. The summed E-state index contributed by atoms with van der Waals surface area (Å²) in [7, 11) is 1.63. The normalized spacial score (nSPS) is 21.0. The van der Waals surface area contributed by atoms with E-state index in [9.17, 15) is 14.7 Å². The van der Waals surface area contributed by atoms with E-state index in [2.05, 4.69) is 9.88 Å². The maximum atomic E-state index is 13.4. The average Bonchev–Trinajstić information content (AvgIpc) is 2.91. The summed E-state index contributed by atoms with van der Waals surface area (Å²) in [5.74, 6) is -0.128. The number of imide groups is 1. The van der Waals surface area contributed by atoms with Crippen molar-refractivity contribution in [3.05, 3.63) is 30.1 Å². The second kappa shape index (κ2) is 8.98. The van der Waals surface area contributed by atoms with Crippen molar-refractivity contribution >= 4 is 11.9 Å². The summed E-state index contributed by atoms with van der Waals surface area (Å²) in [6.07, 6.45) is 3.51. The third kappa shape index (κ3) is 3.90. The minimum Gasteiger partial charge on any atom is -0.395 e. The van der Waals surface area contributed by atoms with Crippen molar-refractivity contribution in [2.24, 2.45) is 0 Å². The van der Waals surface area contributed by atoms with E-state index in [0.29, 0.717) is 51.2 Å². The van der Waals surface area contributed by atoms with Crippen LogP contribution in [0.3, 0.4) is 0 Å². The molecule has 0 bridgehead atoms. The standard InChI is InChI=1S/C20H30N4O4/c1-16(15-25)22-11-7-20(8-12-22)18(26)23(14-17-6-3-4-9-21-17)19(27)24(20)10-5-13-28-2/h3-4,6,9,16,25H,5,7-8,10-15H2,1-2H3/t16-/m0/s1. The number of aliphatic hydroxyl groups excluding tert-OH is 1. The van der Waals surface area contributed by atoms with E-state index >= 15 is 0 Å². The Morgan fingerprint density at radius 1 is 1.29 bits per heavy atom. The Morgan fingerprint density at radius 3 is 2.64 bits per heavy atom. The fraction of sp³-hybridized carbons (Fsp3) is 0.650. The Labute approximate surface area is 166 Å². The molecule has 2 aliphatic heterocycles. The van der Waals surface area contributed by atoms with Gasteiger partial charge in [0.05, 0.1) is 18.8 Å². The molecule has 0 aromatic carbocycles. The van der Waals surface area contributed by atoms with Gasteiger partial charge in [0.25, 0.3) is 5.91 Å². The van der Waals surface area contributed by atoms with Crippen molar-refractivity contribution in [1.82, 2.24) is 19.7 Å². The van der Waals surface area contributed by atoms with Gasteiger partial charge in [-0.3, -0.25) is 19.6 Å².